The Hall–Kier alpha value is -1.28. The van der Waals surface area contributed by atoms with Gasteiger partial charge in [0.2, 0.25) is 11.8 Å². The fourth-order valence-corrected chi connectivity index (χ4v) is 4.53. The molecule has 0 aromatic heterocycles. The zero-order valence-electron chi connectivity index (χ0n) is 17.5. The highest BCUT2D eigenvalue weighted by Gasteiger charge is 2.40. The average Bonchev–Trinajstić information content (AvgIpc) is 3.27. The maximum absolute atomic E-state index is 12.9. The molecule has 160 valence electrons. The van der Waals surface area contributed by atoms with Gasteiger partial charge >= 0.3 is 5.97 Å². The number of nitrogens with one attached hydrogen (secondary N) is 1. The summed E-state index contributed by atoms with van der Waals surface area (Å²) in [5.74, 6) is 0.620. The molecule has 3 atom stereocenters. The lowest BCUT2D eigenvalue weighted by Gasteiger charge is -2.25. The van der Waals surface area contributed by atoms with Crippen LogP contribution in [0.4, 0.5) is 0 Å². The lowest BCUT2D eigenvalue weighted by Crippen LogP contribution is -2.49. The summed E-state index contributed by atoms with van der Waals surface area (Å²) in [5.41, 5.74) is -0.494. The number of carbonyl (C=O) groups excluding carboxylic acids is 3. The molecule has 2 heterocycles. The van der Waals surface area contributed by atoms with Crippen LogP contribution < -0.4 is 5.32 Å². The van der Waals surface area contributed by atoms with Crippen LogP contribution in [0.1, 0.15) is 59.8 Å². The summed E-state index contributed by atoms with van der Waals surface area (Å²) in [6.45, 7) is 8.60. The third-order valence-electron chi connectivity index (χ3n) is 4.82. The molecule has 2 amide bonds. The second-order valence-electron chi connectivity index (χ2n) is 8.48. The van der Waals surface area contributed by atoms with Gasteiger partial charge in [-0.25, -0.2) is 0 Å². The second kappa shape index (κ2) is 10.5. The normalized spacial score (nSPS) is 25.0. The molecule has 0 bridgehead atoms. The minimum atomic E-state index is -0.494. The first-order valence-electron chi connectivity index (χ1n) is 10.2. The standard InChI is InChI=1S/C20H34N2O5S/c1-5-6-9-21-18(24)16-12-28-13-22(16)19(25)14-10-15(26-11-14)7-8-17(23)27-20(2,3)4/h14-16H,5-13H2,1-4H3,(H,21,24). The largest absolute Gasteiger partial charge is 0.460 e. The summed E-state index contributed by atoms with van der Waals surface area (Å²) in [6, 6.07) is -0.393. The molecule has 8 heteroatoms. The van der Waals surface area contributed by atoms with Crippen molar-refractivity contribution in [1.82, 2.24) is 10.2 Å². The number of esters is 1. The molecule has 7 nitrogen and oxygen atoms in total. The predicted octanol–water partition coefficient (Wildman–Crippen LogP) is 2.33. The summed E-state index contributed by atoms with van der Waals surface area (Å²) < 4.78 is 11.1. The quantitative estimate of drug-likeness (QED) is 0.485. The number of thioether (sulfide) groups is 1. The molecule has 2 rings (SSSR count). The van der Waals surface area contributed by atoms with Crippen molar-refractivity contribution >= 4 is 29.5 Å². The molecule has 0 saturated carbocycles. The van der Waals surface area contributed by atoms with E-state index in [0.29, 0.717) is 37.6 Å². The molecule has 0 aromatic carbocycles. The van der Waals surface area contributed by atoms with Crippen molar-refractivity contribution < 1.29 is 23.9 Å². The SMILES string of the molecule is CCCCNC(=O)C1CSCN1C(=O)C1COC(CCC(=O)OC(C)(C)C)C1. The van der Waals surface area contributed by atoms with Gasteiger partial charge in [-0.05, 0) is 40.0 Å². The summed E-state index contributed by atoms with van der Waals surface area (Å²) in [7, 11) is 0. The Labute approximate surface area is 172 Å². The molecule has 3 unspecified atom stereocenters. The van der Waals surface area contributed by atoms with E-state index >= 15 is 0 Å². The van der Waals surface area contributed by atoms with Gasteiger partial charge in [-0.2, -0.15) is 0 Å². The van der Waals surface area contributed by atoms with E-state index in [2.05, 4.69) is 12.2 Å². The van der Waals surface area contributed by atoms with Crippen LogP contribution in [-0.2, 0) is 23.9 Å². The van der Waals surface area contributed by atoms with Crippen LogP contribution in [0.2, 0.25) is 0 Å². The van der Waals surface area contributed by atoms with Gasteiger partial charge < -0.3 is 19.7 Å². The summed E-state index contributed by atoms with van der Waals surface area (Å²) in [5, 5.41) is 2.93. The Morgan fingerprint density at radius 1 is 1.29 bits per heavy atom. The number of hydrogen-bond acceptors (Lipinski definition) is 6. The molecular weight excluding hydrogens is 380 g/mol. The molecule has 2 aliphatic heterocycles. The zero-order valence-corrected chi connectivity index (χ0v) is 18.3. The summed E-state index contributed by atoms with van der Waals surface area (Å²) in [6.07, 6.45) is 3.27. The number of hydrogen-bond donors (Lipinski definition) is 1. The Kier molecular flexibility index (Phi) is 8.61. The topological polar surface area (TPSA) is 84.9 Å². The fraction of sp³-hybridized carbons (Fsp3) is 0.850. The lowest BCUT2D eigenvalue weighted by atomic mass is 10.0. The first-order chi connectivity index (χ1) is 13.2. The van der Waals surface area contributed by atoms with Crippen LogP contribution in [-0.4, -0.2) is 65.2 Å². The first-order valence-corrected chi connectivity index (χ1v) is 11.4. The molecule has 0 aromatic rings. The van der Waals surface area contributed by atoms with Gasteiger partial charge in [0.25, 0.3) is 0 Å². The molecule has 0 spiro atoms. The van der Waals surface area contributed by atoms with Gasteiger partial charge in [-0.3, -0.25) is 14.4 Å². The van der Waals surface area contributed by atoms with E-state index in [1.165, 1.54) is 0 Å². The minimum Gasteiger partial charge on any atom is -0.460 e. The van der Waals surface area contributed by atoms with E-state index in [4.69, 9.17) is 9.47 Å². The van der Waals surface area contributed by atoms with E-state index in [0.717, 1.165) is 12.8 Å². The minimum absolute atomic E-state index is 0.0135. The lowest BCUT2D eigenvalue weighted by molar-refractivity contribution is -0.155. The average molecular weight is 415 g/mol. The number of carbonyl (C=O) groups is 3. The molecule has 2 aliphatic rings. The van der Waals surface area contributed by atoms with E-state index < -0.39 is 11.6 Å². The van der Waals surface area contributed by atoms with Crippen molar-refractivity contribution in [2.45, 2.75) is 77.5 Å². The van der Waals surface area contributed by atoms with Crippen molar-refractivity contribution in [3.8, 4) is 0 Å². The Morgan fingerprint density at radius 2 is 2.04 bits per heavy atom. The molecular formula is C20H34N2O5S. The van der Waals surface area contributed by atoms with Crippen LogP contribution in [0.3, 0.4) is 0 Å². The highest BCUT2D eigenvalue weighted by Crippen LogP contribution is 2.29. The van der Waals surface area contributed by atoms with Gasteiger partial charge in [0.05, 0.1) is 24.5 Å². The number of nitrogens with zero attached hydrogens (tertiary/aromatic N) is 1. The van der Waals surface area contributed by atoms with Gasteiger partial charge in [0.1, 0.15) is 11.6 Å². The van der Waals surface area contributed by atoms with Crippen LogP contribution >= 0.6 is 11.8 Å². The van der Waals surface area contributed by atoms with Crippen molar-refractivity contribution in [2.24, 2.45) is 5.92 Å². The van der Waals surface area contributed by atoms with Crippen molar-refractivity contribution in [1.29, 1.82) is 0 Å². The fourth-order valence-electron chi connectivity index (χ4n) is 3.37. The maximum Gasteiger partial charge on any atom is 0.306 e. The van der Waals surface area contributed by atoms with Gasteiger partial charge in [0, 0.05) is 18.7 Å². The van der Waals surface area contributed by atoms with Crippen LogP contribution in [0.15, 0.2) is 0 Å². The molecule has 2 fully saturated rings. The second-order valence-corrected chi connectivity index (χ2v) is 9.48. The monoisotopic (exact) mass is 414 g/mol. The Balaban J connectivity index is 1.79. The molecule has 1 N–H and O–H groups in total. The third-order valence-corrected chi connectivity index (χ3v) is 5.83. The van der Waals surface area contributed by atoms with Crippen LogP contribution in [0.25, 0.3) is 0 Å². The highest BCUT2D eigenvalue weighted by atomic mass is 32.2. The smallest absolute Gasteiger partial charge is 0.306 e. The molecule has 28 heavy (non-hydrogen) atoms. The summed E-state index contributed by atoms with van der Waals surface area (Å²) >= 11 is 1.61. The Bertz CT molecular complexity index is 563. The van der Waals surface area contributed by atoms with E-state index in [1.54, 1.807) is 16.7 Å². The number of unbranched alkanes of at least 4 members (excludes halogenated alkanes) is 1. The third kappa shape index (κ3) is 6.95. The summed E-state index contributed by atoms with van der Waals surface area (Å²) in [4.78, 5) is 38.9. The van der Waals surface area contributed by atoms with Gasteiger partial charge in [-0.1, -0.05) is 13.3 Å². The molecule has 2 saturated heterocycles. The zero-order chi connectivity index (χ0) is 20.7. The van der Waals surface area contributed by atoms with E-state index in [1.807, 2.05) is 20.8 Å². The molecule has 0 radical (unpaired) electrons. The number of rotatable bonds is 8. The van der Waals surface area contributed by atoms with Gasteiger partial charge in [-0.15, -0.1) is 11.8 Å². The van der Waals surface area contributed by atoms with Crippen molar-refractivity contribution in [3.63, 3.8) is 0 Å². The number of ether oxygens (including phenoxy) is 2. The maximum atomic E-state index is 12.9. The predicted molar refractivity (Wildman–Crippen MR) is 109 cm³/mol. The first kappa shape index (κ1) is 23.0. The van der Waals surface area contributed by atoms with E-state index in [-0.39, 0.29) is 36.2 Å². The van der Waals surface area contributed by atoms with Crippen LogP contribution in [0, 0.1) is 5.92 Å². The van der Waals surface area contributed by atoms with E-state index in [9.17, 15) is 14.4 Å². The van der Waals surface area contributed by atoms with Gasteiger partial charge in [0.15, 0.2) is 0 Å². The number of amides is 2. The van der Waals surface area contributed by atoms with Crippen LogP contribution in [0.5, 0.6) is 0 Å². The van der Waals surface area contributed by atoms with Crippen molar-refractivity contribution in [3.05, 3.63) is 0 Å². The Morgan fingerprint density at radius 3 is 2.71 bits per heavy atom. The highest BCUT2D eigenvalue weighted by molar-refractivity contribution is 7.99. The molecule has 0 aliphatic carbocycles. The van der Waals surface area contributed by atoms with Crippen molar-refractivity contribution in [2.75, 3.05) is 24.8 Å².